The summed E-state index contributed by atoms with van der Waals surface area (Å²) in [5, 5.41) is 11.0. The lowest BCUT2D eigenvalue weighted by Gasteiger charge is -2.08. The highest BCUT2D eigenvalue weighted by Gasteiger charge is 2.11. The van der Waals surface area contributed by atoms with Crippen LogP contribution in [0, 0.1) is 11.6 Å². The highest BCUT2D eigenvalue weighted by Crippen LogP contribution is 2.21. The number of hydrogen-bond donors (Lipinski definition) is 2. The van der Waals surface area contributed by atoms with Gasteiger partial charge in [-0.15, -0.1) is 0 Å². The number of nitrogens with one attached hydrogen (secondary N) is 1. The number of rotatable bonds is 6. The first-order chi connectivity index (χ1) is 8.58. The summed E-state index contributed by atoms with van der Waals surface area (Å²) >= 11 is 0. The molecule has 0 unspecified atom stereocenters. The third kappa shape index (κ3) is 3.96. The molecule has 0 aliphatic heterocycles. The molecule has 1 aromatic rings. The highest BCUT2D eigenvalue weighted by molar-refractivity contribution is 5.75. The monoisotopic (exact) mass is 259 g/mol. The van der Waals surface area contributed by atoms with Gasteiger partial charge in [-0.3, -0.25) is 4.79 Å². The molecule has 2 N–H and O–H groups in total. The Morgan fingerprint density at radius 1 is 1.39 bits per heavy atom. The van der Waals surface area contributed by atoms with Gasteiger partial charge in [-0.1, -0.05) is 0 Å². The standard InChI is InChI=1S/C12H15F2NO3/c1-18-11-6-9(13)8(5-10(11)14)7-15-12(17)3-2-4-16/h5-6,16H,2-4,7H2,1H3,(H,15,17). The smallest absolute Gasteiger partial charge is 0.220 e. The summed E-state index contributed by atoms with van der Waals surface area (Å²) in [6.45, 7) is -0.185. The molecule has 18 heavy (non-hydrogen) atoms. The summed E-state index contributed by atoms with van der Waals surface area (Å²) in [4.78, 5) is 11.2. The van der Waals surface area contributed by atoms with Crippen LogP contribution in [0.4, 0.5) is 8.78 Å². The summed E-state index contributed by atoms with van der Waals surface area (Å²) < 4.78 is 31.4. The van der Waals surface area contributed by atoms with E-state index in [1.165, 1.54) is 7.11 Å². The Labute approximate surface area is 104 Å². The summed E-state index contributed by atoms with van der Waals surface area (Å²) in [6.07, 6.45) is 0.488. The van der Waals surface area contributed by atoms with Crippen LogP contribution in [0.15, 0.2) is 12.1 Å². The van der Waals surface area contributed by atoms with Crippen molar-refractivity contribution in [3.05, 3.63) is 29.3 Å². The maximum atomic E-state index is 13.5. The Morgan fingerprint density at radius 2 is 2.11 bits per heavy atom. The quantitative estimate of drug-likeness (QED) is 0.811. The van der Waals surface area contributed by atoms with Crippen LogP contribution in [0.2, 0.25) is 0 Å². The molecule has 0 heterocycles. The topological polar surface area (TPSA) is 58.6 Å². The molecule has 100 valence electrons. The fraction of sp³-hybridized carbons (Fsp3) is 0.417. The van der Waals surface area contributed by atoms with Gasteiger partial charge in [0.2, 0.25) is 5.91 Å². The van der Waals surface area contributed by atoms with Crippen molar-refractivity contribution in [1.82, 2.24) is 5.32 Å². The van der Waals surface area contributed by atoms with E-state index in [0.29, 0.717) is 6.42 Å². The number of carbonyl (C=O) groups is 1. The first-order valence-corrected chi connectivity index (χ1v) is 5.48. The Morgan fingerprint density at radius 3 is 2.72 bits per heavy atom. The second-order valence-corrected chi connectivity index (χ2v) is 3.68. The number of aliphatic hydroxyl groups excluding tert-OH is 1. The van der Waals surface area contributed by atoms with Gasteiger partial charge < -0.3 is 15.2 Å². The van der Waals surface area contributed by atoms with Crippen molar-refractivity contribution in [2.75, 3.05) is 13.7 Å². The van der Waals surface area contributed by atoms with E-state index in [0.717, 1.165) is 12.1 Å². The van der Waals surface area contributed by atoms with Crippen LogP contribution in [0.1, 0.15) is 18.4 Å². The molecule has 0 aliphatic rings. The molecule has 4 nitrogen and oxygen atoms in total. The van der Waals surface area contributed by atoms with Crippen LogP contribution < -0.4 is 10.1 Å². The van der Waals surface area contributed by atoms with Crippen molar-refractivity contribution in [2.45, 2.75) is 19.4 Å². The molecule has 0 saturated heterocycles. The molecule has 0 atom stereocenters. The molecule has 0 aliphatic carbocycles. The molecule has 0 saturated carbocycles. The number of ether oxygens (including phenoxy) is 1. The number of hydrogen-bond acceptors (Lipinski definition) is 3. The Bertz CT molecular complexity index is 424. The molecule has 0 radical (unpaired) electrons. The summed E-state index contributed by atoms with van der Waals surface area (Å²) in [5.74, 6) is -1.82. The van der Waals surface area contributed by atoms with E-state index in [4.69, 9.17) is 5.11 Å². The number of methoxy groups -OCH3 is 1. The van der Waals surface area contributed by atoms with E-state index in [1.54, 1.807) is 0 Å². The fourth-order valence-corrected chi connectivity index (χ4v) is 1.38. The second-order valence-electron chi connectivity index (χ2n) is 3.68. The van der Waals surface area contributed by atoms with Crippen molar-refractivity contribution < 1.29 is 23.4 Å². The van der Waals surface area contributed by atoms with Gasteiger partial charge in [0.1, 0.15) is 5.82 Å². The lowest BCUT2D eigenvalue weighted by molar-refractivity contribution is -0.121. The number of halogens is 2. The van der Waals surface area contributed by atoms with Crippen LogP contribution in [0.3, 0.4) is 0 Å². The van der Waals surface area contributed by atoms with E-state index in [2.05, 4.69) is 10.1 Å². The van der Waals surface area contributed by atoms with E-state index < -0.39 is 11.6 Å². The van der Waals surface area contributed by atoms with Crippen molar-refractivity contribution in [2.24, 2.45) is 0 Å². The van der Waals surface area contributed by atoms with Crippen molar-refractivity contribution in [3.63, 3.8) is 0 Å². The van der Waals surface area contributed by atoms with E-state index >= 15 is 0 Å². The SMILES string of the molecule is COc1cc(F)c(CNC(=O)CCCO)cc1F. The molecule has 1 aromatic carbocycles. The Balaban J connectivity index is 2.62. The van der Waals surface area contributed by atoms with Crippen LogP contribution in [-0.2, 0) is 11.3 Å². The molecule has 0 spiro atoms. The second kappa shape index (κ2) is 6.90. The summed E-state index contributed by atoms with van der Waals surface area (Å²) in [7, 11) is 1.24. The van der Waals surface area contributed by atoms with E-state index in [9.17, 15) is 13.6 Å². The minimum atomic E-state index is -0.682. The summed E-state index contributed by atoms with van der Waals surface area (Å²) in [6, 6.07) is 1.92. The third-order valence-electron chi connectivity index (χ3n) is 2.36. The molecule has 0 aromatic heterocycles. The van der Waals surface area contributed by atoms with E-state index in [-0.39, 0.29) is 36.8 Å². The number of aliphatic hydroxyl groups is 1. The molecular formula is C12H15F2NO3. The van der Waals surface area contributed by atoms with Gasteiger partial charge in [0, 0.05) is 31.2 Å². The number of benzene rings is 1. The predicted octanol–water partition coefficient (Wildman–Crippen LogP) is 1.36. The van der Waals surface area contributed by atoms with Crippen LogP contribution >= 0.6 is 0 Å². The van der Waals surface area contributed by atoms with Gasteiger partial charge >= 0.3 is 0 Å². The third-order valence-corrected chi connectivity index (χ3v) is 2.36. The van der Waals surface area contributed by atoms with Crippen LogP contribution in [0.25, 0.3) is 0 Å². The van der Waals surface area contributed by atoms with Gasteiger partial charge in [0.05, 0.1) is 7.11 Å². The van der Waals surface area contributed by atoms with Crippen molar-refractivity contribution in [3.8, 4) is 5.75 Å². The Kier molecular flexibility index (Phi) is 5.51. The molecule has 6 heteroatoms. The number of amides is 1. The van der Waals surface area contributed by atoms with Gasteiger partial charge in [-0.2, -0.15) is 0 Å². The number of carbonyl (C=O) groups excluding carboxylic acids is 1. The minimum absolute atomic E-state index is 0.0469. The molecular weight excluding hydrogens is 244 g/mol. The molecule has 1 amide bonds. The fourth-order valence-electron chi connectivity index (χ4n) is 1.38. The summed E-state index contributed by atoms with van der Waals surface area (Å²) in [5.41, 5.74) is 0.0469. The zero-order valence-corrected chi connectivity index (χ0v) is 10.0. The molecule has 0 fully saturated rings. The first kappa shape index (κ1) is 14.4. The largest absolute Gasteiger partial charge is 0.494 e. The normalized spacial score (nSPS) is 10.2. The van der Waals surface area contributed by atoms with E-state index in [1.807, 2.05) is 0 Å². The van der Waals surface area contributed by atoms with Gasteiger partial charge in [0.25, 0.3) is 0 Å². The molecule has 0 bridgehead atoms. The zero-order chi connectivity index (χ0) is 13.5. The maximum absolute atomic E-state index is 13.5. The zero-order valence-electron chi connectivity index (χ0n) is 10.0. The van der Waals surface area contributed by atoms with Crippen molar-refractivity contribution >= 4 is 5.91 Å². The lowest BCUT2D eigenvalue weighted by Crippen LogP contribution is -2.23. The maximum Gasteiger partial charge on any atom is 0.220 e. The lowest BCUT2D eigenvalue weighted by atomic mass is 10.2. The Hall–Kier alpha value is -1.69. The van der Waals surface area contributed by atoms with Gasteiger partial charge in [-0.05, 0) is 12.5 Å². The van der Waals surface area contributed by atoms with Crippen LogP contribution in [-0.4, -0.2) is 24.7 Å². The average Bonchev–Trinajstić information content (AvgIpc) is 2.36. The van der Waals surface area contributed by atoms with Gasteiger partial charge in [-0.25, -0.2) is 8.78 Å². The average molecular weight is 259 g/mol. The first-order valence-electron chi connectivity index (χ1n) is 5.48. The van der Waals surface area contributed by atoms with Crippen molar-refractivity contribution in [1.29, 1.82) is 0 Å². The molecule has 1 rings (SSSR count). The van der Waals surface area contributed by atoms with Crippen LogP contribution in [0.5, 0.6) is 5.75 Å². The van der Waals surface area contributed by atoms with Gasteiger partial charge in [0.15, 0.2) is 11.6 Å². The minimum Gasteiger partial charge on any atom is -0.494 e. The highest BCUT2D eigenvalue weighted by atomic mass is 19.1. The predicted molar refractivity (Wildman–Crippen MR) is 61.1 cm³/mol.